The molecule has 168 valence electrons. The van der Waals surface area contributed by atoms with Crippen LogP contribution in [0.25, 0.3) is 11.0 Å². The maximum Gasteiger partial charge on any atom is 0.262 e. The predicted octanol–water partition coefficient (Wildman–Crippen LogP) is 5.96. The number of ether oxygens (including phenoxy) is 2. The zero-order valence-electron chi connectivity index (χ0n) is 18.4. The fraction of sp³-hybridized carbons (Fsp3) is 0.154. The Bertz CT molecular complexity index is 1340. The lowest BCUT2D eigenvalue weighted by Crippen LogP contribution is -2.21. The number of hydrogen-bond acceptors (Lipinski definition) is 5. The van der Waals surface area contributed by atoms with E-state index < -0.39 is 11.7 Å². The first-order chi connectivity index (χ1) is 15.9. The summed E-state index contributed by atoms with van der Waals surface area (Å²) in [5.41, 5.74) is 2.94. The molecule has 0 aliphatic heterocycles. The molecule has 1 heterocycles. The summed E-state index contributed by atoms with van der Waals surface area (Å²) < 4.78 is 16.7. The minimum atomic E-state index is -0.415. The van der Waals surface area contributed by atoms with E-state index in [1.165, 1.54) is 13.2 Å². The van der Waals surface area contributed by atoms with Gasteiger partial charge in [0.1, 0.15) is 17.1 Å². The second kappa shape index (κ2) is 9.38. The summed E-state index contributed by atoms with van der Waals surface area (Å²) >= 11 is 6.19. The molecule has 4 rings (SSSR count). The molecule has 33 heavy (non-hydrogen) atoms. The number of aryl methyl sites for hydroxylation is 2. The van der Waals surface area contributed by atoms with Crippen molar-refractivity contribution in [1.82, 2.24) is 0 Å². The van der Waals surface area contributed by atoms with E-state index in [-0.39, 0.29) is 18.1 Å². The average molecular weight is 464 g/mol. The quantitative estimate of drug-likeness (QED) is 0.342. The molecule has 0 saturated heterocycles. The van der Waals surface area contributed by atoms with Gasteiger partial charge in [0.2, 0.25) is 5.78 Å². The van der Waals surface area contributed by atoms with Crippen molar-refractivity contribution in [2.24, 2.45) is 0 Å². The number of anilines is 1. The number of carbonyl (C=O) groups excluding carboxylic acids is 2. The second-order valence-corrected chi connectivity index (χ2v) is 7.95. The predicted molar refractivity (Wildman–Crippen MR) is 128 cm³/mol. The number of hydrogen-bond donors (Lipinski definition) is 1. The van der Waals surface area contributed by atoms with Gasteiger partial charge < -0.3 is 19.2 Å². The standard InChI is InChI=1S/C26H22ClNO5/c1-15-7-6-8-16(2)25(15)32-14-22(29)28-23-18-9-4-5-10-20(18)33-26(23)24(30)17-11-12-21(31-3)19(27)13-17/h4-13H,14H2,1-3H3,(H,28,29). The molecule has 0 aliphatic rings. The minimum absolute atomic E-state index is 0.0119. The lowest BCUT2D eigenvalue weighted by atomic mass is 10.1. The molecule has 3 aromatic carbocycles. The molecule has 1 amide bonds. The Kier molecular flexibility index (Phi) is 6.38. The Labute approximate surface area is 196 Å². The zero-order chi connectivity index (χ0) is 23.5. The number of ketones is 1. The number of furan rings is 1. The molecule has 4 aromatic rings. The molecule has 1 N–H and O–H groups in total. The van der Waals surface area contributed by atoms with Crippen molar-refractivity contribution in [2.75, 3.05) is 19.0 Å². The molecule has 0 aliphatic carbocycles. The molecule has 0 saturated carbocycles. The lowest BCUT2D eigenvalue weighted by molar-refractivity contribution is -0.118. The monoisotopic (exact) mass is 463 g/mol. The summed E-state index contributed by atoms with van der Waals surface area (Å²) in [6.45, 7) is 3.62. The number of para-hydroxylation sites is 2. The van der Waals surface area contributed by atoms with Crippen LogP contribution in [0.3, 0.4) is 0 Å². The average Bonchev–Trinajstić information content (AvgIpc) is 3.16. The van der Waals surface area contributed by atoms with Crippen molar-refractivity contribution in [1.29, 1.82) is 0 Å². The number of rotatable bonds is 7. The van der Waals surface area contributed by atoms with Gasteiger partial charge in [0.25, 0.3) is 5.91 Å². The van der Waals surface area contributed by atoms with Crippen LogP contribution in [0, 0.1) is 13.8 Å². The Morgan fingerprint density at radius 1 is 1.00 bits per heavy atom. The summed E-state index contributed by atoms with van der Waals surface area (Å²) in [4.78, 5) is 26.0. The molecule has 0 unspecified atom stereocenters. The van der Waals surface area contributed by atoms with E-state index in [9.17, 15) is 9.59 Å². The summed E-state index contributed by atoms with van der Waals surface area (Å²) in [7, 11) is 1.50. The molecule has 6 nitrogen and oxygen atoms in total. The van der Waals surface area contributed by atoms with Crippen LogP contribution >= 0.6 is 11.6 Å². The van der Waals surface area contributed by atoms with Crippen molar-refractivity contribution < 1.29 is 23.5 Å². The summed E-state index contributed by atoms with van der Waals surface area (Å²) in [6, 6.07) is 17.6. The number of amides is 1. The summed E-state index contributed by atoms with van der Waals surface area (Å²) in [6.07, 6.45) is 0. The van der Waals surface area contributed by atoms with Crippen molar-refractivity contribution in [3.63, 3.8) is 0 Å². The highest BCUT2D eigenvalue weighted by Crippen LogP contribution is 2.34. The van der Waals surface area contributed by atoms with E-state index >= 15 is 0 Å². The molecular weight excluding hydrogens is 442 g/mol. The lowest BCUT2D eigenvalue weighted by Gasteiger charge is -2.12. The van der Waals surface area contributed by atoms with Crippen LogP contribution in [0.15, 0.2) is 65.1 Å². The highest BCUT2D eigenvalue weighted by atomic mass is 35.5. The van der Waals surface area contributed by atoms with Crippen molar-refractivity contribution in [3.8, 4) is 11.5 Å². The van der Waals surface area contributed by atoms with E-state index in [4.69, 9.17) is 25.5 Å². The first kappa shape index (κ1) is 22.4. The molecular formula is C26H22ClNO5. The molecule has 0 atom stereocenters. The molecule has 0 spiro atoms. The van der Waals surface area contributed by atoms with Gasteiger partial charge >= 0.3 is 0 Å². The van der Waals surface area contributed by atoms with E-state index in [1.54, 1.807) is 36.4 Å². The molecule has 0 radical (unpaired) electrons. The van der Waals surface area contributed by atoms with Crippen LogP contribution in [0.1, 0.15) is 27.2 Å². The maximum atomic E-state index is 13.3. The van der Waals surface area contributed by atoms with Gasteiger partial charge in [0.05, 0.1) is 17.8 Å². The highest BCUT2D eigenvalue weighted by Gasteiger charge is 2.24. The van der Waals surface area contributed by atoms with E-state index in [2.05, 4.69) is 5.32 Å². The van der Waals surface area contributed by atoms with Crippen LogP contribution in [-0.4, -0.2) is 25.4 Å². The Hall–Kier alpha value is -3.77. The number of benzene rings is 3. The van der Waals surface area contributed by atoms with Gasteiger partial charge in [-0.15, -0.1) is 0 Å². The molecule has 1 aromatic heterocycles. The van der Waals surface area contributed by atoms with Gasteiger partial charge in [0, 0.05) is 10.9 Å². The summed E-state index contributed by atoms with van der Waals surface area (Å²) in [5, 5.41) is 3.70. The third-order valence-corrected chi connectivity index (χ3v) is 5.53. The van der Waals surface area contributed by atoms with Crippen LogP contribution in [0.5, 0.6) is 11.5 Å². The van der Waals surface area contributed by atoms with Gasteiger partial charge in [-0.1, -0.05) is 41.9 Å². The van der Waals surface area contributed by atoms with Crippen LogP contribution in [0.4, 0.5) is 5.69 Å². The maximum absolute atomic E-state index is 13.3. The third kappa shape index (κ3) is 4.56. The SMILES string of the molecule is COc1ccc(C(=O)c2oc3ccccc3c2NC(=O)COc2c(C)cccc2C)cc1Cl. The topological polar surface area (TPSA) is 77.8 Å². The fourth-order valence-electron chi connectivity index (χ4n) is 3.61. The van der Waals surface area contributed by atoms with Gasteiger partial charge in [-0.3, -0.25) is 9.59 Å². The summed E-state index contributed by atoms with van der Waals surface area (Å²) in [5.74, 6) is 0.300. The van der Waals surface area contributed by atoms with E-state index in [1.807, 2.05) is 32.0 Å². The van der Waals surface area contributed by atoms with Crippen molar-refractivity contribution in [3.05, 3.63) is 88.1 Å². The second-order valence-electron chi connectivity index (χ2n) is 7.54. The Morgan fingerprint density at radius 3 is 2.42 bits per heavy atom. The molecule has 0 fully saturated rings. The van der Waals surface area contributed by atoms with Crippen LogP contribution in [-0.2, 0) is 4.79 Å². The Balaban J connectivity index is 1.63. The van der Waals surface area contributed by atoms with E-state index in [0.717, 1.165) is 11.1 Å². The largest absolute Gasteiger partial charge is 0.495 e. The Morgan fingerprint density at radius 2 is 1.73 bits per heavy atom. The number of methoxy groups -OCH3 is 1. The van der Waals surface area contributed by atoms with E-state index in [0.29, 0.717) is 33.1 Å². The highest BCUT2D eigenvalue weighted by molar-refractivity contribution is 6.32. The fourth-order valence-corrected chi connectivity index (χ4v) is 3.87. The first-order valence-corrected chi connectivity index (χ1v) is 10.7. The van der Waals surface area contributed by atoms with Crippen molar-refractivity contribution >= 4 is 39.9 Å². The number of fused-ring (bicyclic) bond motifs is 1. The van der Waals surface area contributed by atoms with Crippen LogP contribution in [0.2, 0.25) is 5.02 Å². The van der Waals surface area contributed by atoms with Gasteiger partial charge in [-0.2, -0.15) is 0 Å². The third-order valence-electron chi connectivity index (χ3n) is 5.24. The van der Waals surface area contributed by atoms with Crippen LogP contribution < -0.4 is 14.8 Å². The van der Waals surface area contributed by atoms with Gasteiger partial charge in [-0.25, -0.2) is 0 Å². The zero-order valence-corrected chi connectivity index (χ0v) is 19.2. The van der Waals surface area contributed by atoms with Gasteiger partial charge in [0.15, 0.2) is 12.4 Å². The van der Waals surface area contributed by atoms with Crippen molar-refractivity contribution in [2.45, 2.75) is 13.8 Å². The van der Waals surface area contributed by atoms with Gasteiger partial charge in [-0.05, 0) is 55.3 Å². The molecule has 0 bridgehead atoms. The normalized spacial score (nSPS) is 10.8. The number of nitrogens with one attached hydrogen (secondary N) is 1. The smallest absolute Gasteiger partial charge is 0.262 e. The first-order valence-electron chi connectivity index (χ1n) is 10.3. The number of carbonyl (C=O) groups is 2. The molecule has 7 heteroatoms. The number of halogens is 1. The minimum Gasteiger partial charge on any atom is -0.495 e.